The number of thioether (sulfide) groups is 1. The fourth-order valence-electron chi connectivity index (χ4n) is 1.88. The van der Waals surface area contributed by atoms with Gasteiger partial charge in [0.25, 0.3) is 0 Å². The third-order valence-electron chi connectivity index (χ3n) is 2.88. The Morgan fingerprint density at radius 3 is 2.86 bits per heavy atom. The van der Waals surface area contributed by atoms with Crippen LogP contribution < -0.4 is 0 Å². The van der Waals surface area contributed by atoms with Gasteiger partial charge in [0.2, 0.25) is 0 Å². The number of nitrogens with zero attached hydrogens (tertiary/aromatic N) is 4. The molecule has 0 radical (unpaired) electrons. The molecule has 0 aliphatic rings. The van der Waals surface area contributed by atoms with E-state index in [-0.39, 0.29) is 5.56 Å². The summed E-state index contributed by atoms with van der Waals surface area (Å²) in [6.45, 7) is 0. The molecule has 21 heavy (non-hydrogen) atoms. The monoisotopic (exact) mass is 298 g/mol. The van der Waals surface area contributed by atoms with Crippen LogP contribution in [-0.2, 0) is 5.75 Å². The van der Waals surface area contributed by atoms with Gasteiger partial charge in [-0.2, -0.15) is 0 Å². The number of carboxylic acid groups (broad SMARTS) is 1. The quantitative estimate of drug-likeness (QED) is 0.584. The van der Waals surface area contributed by atoms with E-state index in [1.807, 2.05) is 24.3 Å². The van der Waals surface area contributed by atoms with Crippen molar-refractivity contribution < 1.29 is 9.90 Å². The van der Waals surface area contributed by atoms with E-state index in [0.717, 1.165) is 15.9 Å². The highest BCUT2D eigenvalue weighted by Crippen LogP contribution is 2.27. The molecule has 0 aliphatic carbocycles. The molecule has 2 heterocycles. The third-order valence-corrected chi connectivity index (χ3v) is 3.89. The summed E-state index contributed by atoms with van der Waals surface area (Å²) in [6.07, 6.45) is 4.16. The maximum atomic E-state index is 11.1. The van der Waals surface area contributed by atoms with Gasteiger partial charge in [0.1, 0.15) is 23.2 Å². The predicted molar refractivity (Wildman–Crippen MR) is 78.1 cm³/mol. The van der Waals surface area contributed by atoms with Crippen molar-refractivity contribution in [2.45, 2.75) is 10.8 Å². The summed E-state index contributed by atoms with van der Waals surface area (Å²) in [7, 11) is 0. The molecule has 0 saturated heterocycles. The van der Waals surface area contributed by atoms with Gasteiger partial charge in [-0.05, 0) is 6.07 Å². The number of aromatic carboxylic acids is 1. The number of aromatic nitrogens is 4. The fourth-order valence-corrected chi connectivity index (χ4v) is 2.83. The maximum Gasteiger partial charge on any atom is 0.339 e. The molecule has 7 heteroatoms. The topological polar surface area (TPSA) is 88.9 Å². The molecule has 0 aliphatic heterocycles. The van der Waals surface area contributed by atoms with Crippen molar-refractivity contribution in [1.82, 2.24) is 19.9 Å². The Kier molecular flexibility index (Phi) is 3.74. The number of hydrogen-bond donors (Lipinski definition) is 1. The molecule has 3 aromatic rings. The van der Waals surface area contributed by atoms with Gasteiger partial charge in [-0.1, -0.05) is 30.0 Å². The lowest BCUT2D eigenvalue weighted by molar-refractivity contribution is 0.0695. The Hall–Kier alpha value is -2.54. The molecule has 3 rings (SSSR count). The molecule has 0 saturated carbocycles. The molecule has 104 valence electrons. The summed E-state index contributed by atoms with van der Waals surface area (Å²) in [5.74, 6) is -0.621. The Morgan fingerprint density at radius 2 is 2.00 bits per heavy atom. The van der Waals surface area contributed by atoms with Crippen LogP contribution in [0.25, 0.3) is 10.9 Å². The second kappa shape index (κ2) is 5.84. The van der Waals surface area contributed by atoms with E-state index in [0.29, 0.717) is 11.4 Å². The number of hydrogen-bond acceptors (Lipinski definition) is 6. The lowest BCUT2D eigenvalue weighted by Gasteiger charge is -2.05. The molecule has 2 aromatic heterocycles. The second-order valence-electron chi connectivity index (χ2n) is 4.17. The molecule has 1 aromatic carbocycles. The van der Waals surface area contributed by atoms with Gasteiger partial charge in [0.15, 0.2) is 0 Å². The molecule has 1 N–H and O–H groups in total. The van der Waals surface area contributed by atoms with Crippen molar-refractivity contribution >= 4 is 28.6 Å². The Bertz CT molecular complexity index is 804. The smallest absolute Gasteiger partial charge is 0.339 e. The SMILES string of the molecule is O=C(O)c1cncnc1CSc1ncnc2ccccc12. The van der Waals surface area contributed by atoms with Crippen LogP contribution in [0.4, 0.5) is 0 Å². The zero-order valence-electron chi connectivity index (χ0n) is 10.8. The number of fused-ring (bicyclic) bond motifs is 1. The molecule has 0 fully saturated rings. The minimum atomic E-state index is -1.03. The van der Waals surface area contributed by atoms with E-state index < -0.39 is 5.97 Å². The molecule has 6 nitrogen and oxygen atoms in total. The first-order chi connectivity index (χ1) is 10.3. The highest BCUT2D eigenvalue weighted by molar-refractivity contribution is 7.98. The maximum absolute atomic E-state index is 11.1. The first-order valence-corrected chi connectivity index (χ1v) is 7.09. The van der Waals surface area contributed by atoms with Crippen molar-refractivity contribution in [2.24, 2.45) is 0 Å². The Balaban J connectivity index is 1.89. The molecule has 0 atom stereocenters. The van der Waals surface area contributed by atoms with Gasteiger partial charge in [-0.25, -0.2) is 24.7 Å². The van der Waals surface area contributed by atoms with Crippen LogP contribution in [0.15, 0.2) is 48.1 Å². The van der Waals surface area contributed by atoms with Crippen molar-refractivity contribution in [2.75, 3.05) is 0 Å². The molecule has 0 bridgehead atoms. The fraction of sp³-hybridized carbons (Fsp3) is 0.0714. The van der Waals surface area contributed by atoms with Crippen LogP contribution in [0.5, 0.6) is 0 Å². The van der Waals surface area contributed by atoms with Gasteiger partial charge < -0.3 is 5.11 Å². The standard InChI is InChI=1S/C14H10N4O2S/c19-14(20)10-5-15-7-16-12(10)6-21-13-9-3-1-2-4-11(9)17-8-18-13/h1-5,7-8H,6H2,(H,19,20). The Labute approximate surface area is 124 Å². The summed E-state index contributed by atoms with van der Waals surface area (Å²) in [5.41, 5.74) is 1.45. The minimum Gasteiger partial charge on any atom is -0.478 e. The van der Waals surface area contributed by atoms with Gasteiger partial charge in [-0.3, -0.25) is 0 Å². The molecule has 0 spiro atoms. The highest BCUT2D eigenvalue weighted by Gasteiger charge is 2.12. The Morgan fingerprint density at radius 1 is 1.14 bits per heavy atom. The first kappa shape index (κ1) is 13.4. The number of carboxylic acids is 1. The second-order valence-corrected chi connectivity index (χ2v) is 5.14. The van der Waals surface area contributed by atoms with Crippen molar-refractivity contribution in [1.29, 1.82) is 0 Å². The highest BCUT2D eigenvalue weighted by atomic mass is 32.2. The largest absolute Gasteiger partial charge is 0.478 e. The van der Waals surface area contributed by atoms with E-state index in [1.165, 1.54) is 30.6 Å². The summed E-state index contributed by atoms with van der Waals surface area (Å²) >= 11 is 1.43. The average Bonchev–Trinajstić information content (AvgIpc) is 2.53. The van der Waals surface area contributed by atoms with Crippen molar-refractivity contribution in [3.05, 3.63) is 54.4 Å². The summed E-state index contributed by atoms with van der Waals surface area (Å²) in [4.78, 5) is 27.4. The lowest BCUT2D eigenvalue weighted by atomic mass is 10.2. The van der Waals surface area contributed by atoms with Crippen LogP contribution in [0, 0.1) is 0 Å². The lowest BCUT2D eigenvalue weighted by Crippen LogP contribution is -2.04. The van der Waals surface area contributed by atoms with Crippen molar-refractivity contribution in [3.8, 4) is 0 Å². The van der Waals surface area contributed by atoms with Crippen LogP contribution in [0.3, 0.4) is 0 Å². The molecule has 0 amide bonds. The van der Waals surface area contributed by atoms with Gasteiger partial charge in [-0.15, -0.1) is 0 Å². The number of carbonyl (C=O) groups is 1. The van der Waals surface area contributed by atoms with E-state index in [9.17, 15) is 4.79 Å². The third kappa shape index (κ3) is 2.82. The van der Waals surface area contributed by atoms with Crippen LogP contribution >= 0.6 is 11.8 Å². The summed E-state index contributed by atoms with van der Waals surface area (Å²) < 4.78 is 0. The number of rotatable bonds is 4. The zero-order chi connectivity index (χ0) is 14.7. The van der Waals surface area contributed by atoms with E-state index in [2.05, 4.69) is 19.9 Å². The number of para-hydroxylation sites is 1. The summed E-state index contributed by atoms with van der Waals surface area (Å²) in [6, 6.07) is 7.68. The normalized spacial score (nSPS) is 10.7. The van der Waals surface area contributed by atoms with Gasteiger partial charge in [0, 0.05) is 17.3 Å². The summed E-state index contributed by atoms with van der Waals surface area (Å²) in [5, 5.41) is 10.9. The van der Waals surface area contributed by atoms with E-state index in [1.54, 1.807) is 0 Å². The average molecular weight is 298 g/mol. The van der Waals surface area contributed by atoms with Crippen LogP contribution in [0.2, 0.25) is 0 Å². The number of benzene rings is 1. The molecular weight excluding hydrogens is 288 g/mol. The molecular formula is C14H10N4O2S. The zero-order valence-corrected chi connectivity index (χ0v) is 11.6. The molecule has 0 unspecified atom stereocenters. The first-order valence-electron chi connectivity index (χ1n) is 6.10. The van der Waals surface area contributed by atoms with E-state index >= 15 is 0 Å². The van der Waals surface area contributed by atoms with Crippen LogP contribution in [0.1, 0.15) is 16.1 Å². The van der Waals surface area contributed by atoms with Gasteiger partial charge in [0.05, 0.1) is 11.2 Å². The van der Waals surface area contributed by atoms with E-state index in [4.69, 9.17) is 5.11 Å². The van der Waals surface area contributed by atoms with Crippen LogP contribution in [-0.4, -0.2) is 31.0 Å². The van der Waals surface area contributed by atoms with Gasteiger partial charge >= 0.3 is 5.97 Å². The minimum absolute atomic E-state index is 0.114. The van der Waals surface area contributed by atoms with Crippen molar-refractivity contribution in [3.63, 3.8) is 0 Å². The predicted octanol–water partition coefficient (Wildman–Crippen LogP) is 2.41.